The molecule has 1 atom stereocenters. The molecule has 2 N–H and O–H groups in total. The van der Waals surface area contributed by atoms with Crippen molar-refractivity contribution in [1.29, 1.82) is 0 Å². The summed E-state index contributed by atoms with van der Waals surface area (Å²) < 4.78 is 13.7. The zero-order valence-electron chi connectivity index (χ0n) is 15.8. The molecule has 24 heavy (non-hydrogen) atoms. The summed E-state index contributed by atoms with van der Waals surface area (Å²) in [5.74, 6) is -0.484. The number of amides is 1. The third-order valence-corrected chi connectivity index (χ3v) is 4.24. The van der Waals surface area contributed by atoms with E-state index in [1.165, 1.54) is 64.7 Å². The van der Waals surface area contributed by atoms with Crippen LogP contribution >= 0.6 is 0 Å². The van der Waals surface area contributed by atoms with Crippen LogP contribution in [0, 0.1) is 0 Å². The van der Waals surface area contributed by atoms with Crippen molar-refractivity contribution in [1.82, 2.24) is 5.32 Å². The van der Waals surface area contributed by atoms with E-state index in [0.29, 0.717) is 0 Å². The number of rotatable bonds is 16. The molecule has 0 aromatic rings. The van der Waals surface area contributed by atoms with Gasteiger partial charge >= 0.3 is 0 Å². The van der Waals surface area contributed by atoms with Gasteiger partial charge in [-0.05, 0) is 12.8 Å². The Morgan fingerprint density at radius 3 is 1.96 bits per heavy atom. The van der Waals surface area contributed by atoms with Gasteiger partial charge in [-0.15, -0.1) is 0 Å². The highest BCUT2D eigenvalue weighted by molar-refractivity contribution is 5.73. The Morgan fingerprint density at radius 2 is 1.50 bits per heavy atom. The van der Waals surface area contributed by atoms with Gasteiger partial charge in [-0.1, -0.05) is 77.2 Å². The molecule has 1 unspecified atom stereocenters. The van der Waals surface area contributed by atoms with Crippen molar-refractivity contribution in [3.63, 3.8) is 0 Å². The predicted molar refractivity (Wildman–Crippen MR) is 99.6 cm³/mol. The number of aliphatic hydroxyl groups is 1. The minimum absolute atomic E-state index is 0.0775. The lowest BCUT2D eigenvalue weighted by molar-refractivity contribution is -0.119. The number of allylic oxidation sites excluding steroid dienone is 1. The average molecular weight is 344 g/mol. The maximum atomic E-state index is 13.7. The molecule has 0 aliphatic carbocycles. The van der Waals surface area contributed by atoms with Gasteiger partial charge in [-0.2, -0.15) is 0 Å². The van der Waals surface area contributed by atoms with Crippen LogP contribution in [0.5, 0.6) is 0 Å². The van der Waals surface area contributed by atoms with E-state index in [2.05, 4.69) is 12.2 Å². The van der Waals surface area contributed by atoms with Crippen LogP contribution in [0.1, 0.15) is 97.3 Å². The molecular formula is C20H38FNO2. The SMILES string of the molecule is CCCCCCCCCCCCC/C=C(\F)CC(CO)NC(C)=O. The van der Waals surface area contributed by atoms with Crippen LogP contribution in [0.2, 0.25) is 0 Å². The van der Waals surface area contributed by atoms with Crippen molar-refractivity contribution in [3.05, 3.63) is 11.9 Å². The van der Waals surface area contributed by atoms with Crippen LogP contribution in [0.25, 0.3) is 0 Å². The standard InChI is InChI=1S/C20H38FNO2/c1-3-4-5-6-7-8-9-10-11-12-13-14-15-19(21)16-20(17-23)22-18(2)24/h15,20,23H,3-14,16-17H2,1-2H3,(H,22,24)/b19-15-. The summed E-state index contributed by atoms with van der Waals surface area (Å²) in [6.07, 6.45) is 16.6. The Hall–Kier alpha value is -0.900. The first-order valence-corrected chi connectivity index (χ1v) is 9.82. The molecule has 0 aliphatic heterocycles. The number of aliphatic hydroxyl groups excluding tert-OH is 1. The van der Waals surface area contributed by atoms with E-state index in [1.54, 1.807) is 6.08 Å². The molecule has 0 saturated carbocycles. The summed E-state index contributed by atoms with van der Waals surface area (Å²) in [6, 6.07) is -0.518. The van der Waals surface area contributed by atoms with E-state index in [0.717, 1.165) is 19.3 Å². The molecule has 0 aromatic heterocycles. The molecule has 0 spiro atoms. The normalized spacial score (nSPS) is 13.1. The number of nitrogens with one attached hydrogen (secondary N) is 1. The van der Waals surface area contributed by atoms with Crippen LogP contribution in [-0.4, -0.2) is 23.7 Å². The maximum absolute atomic E-state index is 13.7. The first-order chi connectivity index (χ1) is 11.6. The lowest BCUT2D eigenvalue weighted by Crippen LogP contribution is -2.35. The summed E-state index contributed by atoms with van der Waals surface area (Å²) in [7, 11) is 0. The summed E-state index contributed by atoms with van der Waals surface area (Å²) in [5, 5.41) is 11.6. The molecule has 0 saturated heterocycles. The van der Waals surface area contributed by atoms with Crippen molar-refractivity contribution >= 4 is 5.91 Å². The van der Waals surface area contributed by atoms with Gasteiger partial charge in [-0.3, -0.25) is 4.79 Å². The highest BCUT2D eigenvalue weighted by atomic mass is 19.1. The fourth-order valence-corrected chi connectivity index (χ4v) is 2.83. The molecule has 0 fully saturated rings. The second kappa shape index (κ2) is 16.9. The van der Waals surface area contributed by atoms with Crippen molar-refractivity contribution in [3.8, 4) is 0 Å². The lowest BCUT2D eigenvalue weighted by Gasteiger charge is -2.13. The number of carbonyl (C=O) groups excluding carboxylic acids is 1. The van der Waals surface area contributed by atoms with Gasteiger partial charge in [0.15, 0.2) is 0 Å². The number of hydrogen-bond donors (Lipinski definition) is 2. The summed E-state index contributed by atoms with van der Waals surface area (Å²) in [5.41, 5.74) is 0. The van der Waals surface area contributed by atoms with Crippen molar-refractivity contribution in [2.45, 2.75) is 103 Å². The molecule has 0 aliphatic rings. The van der Waals surface area contributed by atoms with Crippen LogP contribution < -0.4 is 5.32 Å². The first-order valence-electron chi connectivity index (χ1n) is 9.82. The van der Waals surface area contributed by atoms with E-state index in [9.17, 15) is 9.18 Å². The highest BCUT2D eigenvalue weighted by Crippen LogP contribution is 2.14. The van der Waals surface area contributed by atoms with Crippen molar-refractivity contribution in [2.24, 2.45) is 0 Å². The highest BCUT2D eigenvalue weighted by Gasteiger charge is 2.10. The van der Waals surface area contributed by atoms with Gasteiger partial charge in [0.2, 0.25) is 5.91 Å². The minimum atomic E-state index is -0.518. The third kappa shape index (κ3) is 16.0. The molecule has 1 amide bonds. The fourth-order valence-electron chi connectivity index (χ4n) is 2.83. The van der Waals surface area contributed by atoms with Crippen LogP contribution in [0.4, 0.5) is 4.39 Å². The monoisotopic (exact) mass is 343 g/mol. The van der Waals surface area contributed by atoms with E-state index >= 15 is 0 Å². The van der Waals surface area contributed by atoms with Crippen LogP contribution in [-0.2, 0) is 4.79 Å². The zero-order chi connectivity index (χ0) is 18.0. The number of unbranched alkanes of at least 4 members (excludes halogenated alkanes) is 11. The number of hydrogen-bond acceptors (Lipinski definition) is 2. The summed E-state index contributed by atoms with van der Waals surface area (Å²) in [4.78, 5) is 10.9. The largest absolute Gasteiger partial charge is 0.394 e. The van der Waals surface area contributed by atoms with Gasteiger partial charge in [0.05, 0.1) is 18.5 Å². The first kappa shape index (κ1) is 23.1. The van der Waals surface area contributed by atoms with Crippen molar-refractivity contribution < 1.29 is 14.3 Å². The second-order valence-electron chi connectivity index (χ2n) is 6.76. The summed E-state index contributed by atoms with van der Waals surface area (Å²) >= 11 is 0. The van der Waals surface area contributed by atoms with Gasteiger partial charge < -0.3 is 10.4 Å². The average Bonchev–Trinajstić information content (AvgIpc) is 2.54. The topological polar surface area (TPSA) is 49.3 Å². The number of halogens is 1. The van der Waals surface area contributed by atoms with E-state index < -0.39 is 6.04 Å². The third-order valence-electron chi connectivity index (χ3n) is 4.24. The fraction of sp³-hybridized carbons (Fsp3) is 0.850. The molecule has 0 heterocycles. The minimum Gasteiger partial charge on any atom is -0.394 e. The van der Waals surface area contributed by atoms with Crippen LogP contribution in [0.3, 0.4) is 0 Å². The van der Waals surface area contributed by atoms with Gasteiger partial charge in [0, 0.05) is 13.3 Å². The van der Waals surface area contributed by atoms with E-state index in [-0.39, 0.29) is 24.8 Å². The van der Waals surface area contributed by atoms with Gasteiger partial charge in [0.1, 0.15) is 0 Å². The summed E-state index contributed by atoms with van der Waals surface area (Å²) in [6.45, 7) is 3.38. The Morgan fingerprint density at radius 1 is 1.00 bits per heavy atom. The lowest BCUT2D eigenvalue weighted by atomic mass is 10.0. The Bertz CT molecular complexity index is 332. The molecule has 3 nitrogen and oxygen atoms in total. The van der Waals surface area contributed by atoms with E-state index in [1.807, 2.05) is 0 Å². The second-order valence-corrected chi connectivity index (χ2v) is 6.76. The van der Waals surface area contributed by atoms with Crippen LogP contribution in [0.15, 0.2) is 11.9 Å². The molecule has 0 rings (SSSR count). The smallest absolute Gasteiger partial charge is 0.217 e. The number of carbonyl (C=O) groups is 1. The molecule has 0 bridgehead atoms. The molecule has 0 radical (unpaired) electrons. The Labute approximate surface area is 148 Å². The maximum Gasteiger partial charge on any atom is 0.217 e. The predicted octanol–water partition coefficient (Wildman–Crippen LogP) is 5.43. The quantitative estimate of drug-likeness (QED) is 0.367. The molecule has 4 heteroatoms. The zero-order valence-corrected chi connectivity index (χ0v) is 15.8. The van der Waals surface area contributed by atoms with E-state index in [4.69, 9.17) is 5.11 Å². The Balaban J connectivity index is 3.48. The Kier molecular flexibility index (Phi) is 16.3. The molecule has 0 aromatic carbocycles. The van der Waals surface area contributed by atoms with Crippen molar-refractivity contribution in [2.75, 3.05) is 6.61 Å². The van der Waals surface area contributed by atoms with Gasteiger partial charge in [-0.25, -0.2) is 4.39 Å². The van der Waals surface area contributed by atoms with Gasteiger partial charge in [0.25, 0.3) is 0 Å². The molecular weight excluding hydrogens is 305 g/mol. The molecule has 142 valence electrons.